The van der Waals surface area contributed by atoms with E-state index >= 15 is 0 Å². The summed E-state index contributed by atoms with van der Waals surface area (Å²) in [4.78, 5) is 59.3. The van der Waals surface area contributed by atoms with Crippen LogP contribution in [0.4, 0.5) is 0 Å². The van der Waals surface area contributed by atoms with Crippen molar-refractivity contribution in [3.05, 3.63) is 60.2 Å². The lowest BCUT2D eigenvalue weighted by molar-refractivity contribution is -0.154. The summed E-state index contributed by atoms with van der Waals surface area (Å²) in [5, 5.41) is 13.6. The van der Waals surface area contributed by atoms with Gasteiger partial charge >= 0.3 is 5.97 Å². The Kier molecular flexibility index (Phi) is 9.05. The number of aliphatic hydroxyl groups excluding tert-OH is 1. The fraction of sp³-hybridized carbons (Fsp3) is 0.588. The monoisotopic (exact) mass is 607 g/mol. The standard InChI is InChI=1S/C34H45N3O7/c1-6-21(2)24(19-38)37-29-32(42)36(33(3,4)5)18-12-8-11-15-26(39)43-20-23(22-13-9-7-10-14-22)35-30(40)27-25-16-17-34(29,44-25)28(27)31(37)41/h7-10,12-14,16-17,21,23-25,27-29,38H,6,11,15,18-20H2,1-5H3,(H,35,40)/b12-8-/t21-,23+,24-,25+,27-,28-,29+,34-/m0/s1. The normalized spacial score (nSPS) is 33.2. The molecule has 4 aliphatic heterocycles. The van der Waals surface area contributed by atoms with Crippen molar-refractivity contribution in [3.63, 3.8) is 0 Å². The average Bonchev–Trinajstić information content (AvgIpc) is 3.64. The topological polar surface area (TPSA) is 125 Å². The molecular weight excluding hydrogens is 562 g/mol. The number of rotatable bonds is 5. The third-order valence-corrected chi connectivity index (χ3v) is 9.67. The van der Waals surface area contributed by atoms with Gasteiger partial charge in [-0.05, 0) is 38.7 Å². The Hall–Kier alpha value is -3.50. The number of nitrogens with one attached hydrogen (secondary N) is 1. The van der Waals surface area contributed by atoms with Crippen molar-refractivity contribution in [2.75, 3.05) is 19.8 Å². The molecule has 0 unspecified atom stereocenters. The number of carbonyl (C=O) groups is 4. The SMILES string of the molecule is CC[C@H](C)[C@H](CO)N1C(=O)[C@@H]2[C@H]3C(=O)N[C@@H](c4ccccc4)COC(=O)CC/C=C\CN(C(C)(C)C)C(=O)[C@@H]1[C@]21C=C[C@H]3O1. The van der Waals surface area contributed by atoms with Crippen LogP contribution in [0, 0.1) is 17.8 Å². The van der Waals surface area contributed by atoms with Crippen molar-refractivity contribution in [2.45, 2.75) is 89.3 Å². The van der Waals surface area contributed by atoms with E-state index < -0.39 is 59.1 Å². The van der Waals surface area contributed by atoms with Gasteiger partial charge in [0.05, 0.1) is 36.6 Å². The van der Waals surface area contributed by atoms with Crippen molar-refractivity contribution in [1.29, 1.82) is 0 Å². The third-order valence-electron chi connectivity index (χ3n) is 9.67. The zero-order chi connectivity index (χ0) is 31.8. The van der Waals surface area contributed by atoms with E-state index in [0.717, 1.165) is 5.56 Å². The molecule has 1 aromatic carbocycles. The molecule has 4 heterocycles. The molecule has 1 spiro atoms. The van der Waals surface area contributed by atoms with Gasteiger partial charge < -0.3 is 29.7 Å². The molecule has 0 aliphatic carbocycles. The number of cyclic esters (lactones) is 1. The van der Waals surface area contributed by atoms with E-state index in [4.69, 9.17) is 9.47 Å². The number of nitrogens with zero attached hydrogens (tertiary/aromatic N) is 2. The zero-order valence-corrected chi connectivity index (χ0v) is 26.3. The van der Waals surface area contributed by atoms with Crippen LogP contribution in [-0.4, -0.2) is 87.7 Å². The number of carbonyl (C=O) groups excluding carboxylic acids is 4. The molecule has 2 N–H and O–H groups in total. The van der Waals surface area contributed by atoms with Crippen molar-refractivity contribution in [2.24, 2.45) is 17.8 Å². The predicted octanol–water partition coefficient (Wildman–Crippen LogP) is 2.92. The molecular formula is C34H45N3O7. The molecule has 2 fully saturated rings. The molecule has 1 aromatic rings. The van der Waals surface area contributed by atoms with Crippen molar-refractivity contribution in [3.8, 4) is 0 Å². The highest BCUT2D eigenvalue weighted by Crippen LogP contribution is 2.56. The fourth-order valence-electron chi connectivity index (χ4n) is 7.12. The van der Waals surface area contributed by atoms with Crippen LogP contribution < -0.4 is 5.32 Å². The minimum absolute atomic E-state index is 0.0677. The molecule has 0 radical (unpaired) electrons. The lowest BCUT2D eigenvalue weighted by Gasteiger charge is -2.44. The Labute approximate surface area is 259 Å². The molecule has 0 aromatic heterocycles. The molecule has 2 saturated heterocycles. The molecule has 10 heteroatoms. The summed E-state index contributed by atoms with van der Waals surface area (Å²) in [5.41, 5.74) is -1.23. The number of benzene rings is 1. The van der Waals surface area contributed by atoms with Gasteiger partial charge in [0.1, 0.15) is 18.2 Å². The van der Waals surface area contributed by atoms with Gasteiger partial charge in [-0.1, -0.05) is 74.9 Å². The van der Waals surface area contributed by atoms with Crippen LogP contribution in [0.5, 0.6) is 0 Å². The molecule has 5 rings (SSSR count). The first-order valence-corrected chi connectivity index (χ1v) is 15.7. The third kappa shape index (κ3) is 5.58. The van der Waals surface area contributed by atoms with Crippen molar-refractivity contribution < 1.29 is 33.8 Å². The van der Waals surface area contributed by atoms with E-state index in [1.807, 2.05) is 77.1 Å². The summed E-state index contributed by atoms with van der Waals surface area (Å²) in [7, 11) is 0. The molecule has 10 nitrogen and oxygen atoms in total. The minimum atomic E-state index is -1.36. The largest absolute Gasteiger partial charge is 0.463 e. The average molecular weight is 608 g/mol. The number of fused-ring (bicyclic) bond motifs is 2. The van der Waals surface area contributed by atoms with Gasteiger partial charge in [-0.3, -0.25) is 19.2 Å². The molecule has 8 atom stereocenters. The maximum Gasteiger partial charge on any atom is 0.306 e. The number of allylic oxidation sites excluding steroid dienone is 1. The first kappa shape index (κ1) is 31.9. The molecule has 44 heavy (non-hydrogen) atoms. The number of hydrogen-bond donors (Lipinski definition) is 2. The fourth-order valence-corrected chi connectivity index (χ4v) is 7.12. The van der Waals surface area contributed by atoms with Gasteiger partial charge in [-0.15, -0.1) is 0 Å². The maximum absolute atomic E-state index is 14.8. The summed E-state index contributed by atoms with van der Waals surface area (Å²) < 4.78 is 12.2. The number of esters is 1. The van der Waals surface area contributed by atoms with E-state index in [1.165, 1.54) is 4.90 Å². The van der Waals surface area contributed by atoms with Gasteiger partial charge in [0.2, 0.25) is 17.7 Å². The van der Waals surface area contributed by atoms with Crippen LogP contribution in [0.2, 0.25) is 0 Å². The predicted molar refractivity (Wildman–Crippen MR) is 163 cm³/mol. The number of hydrogen-bond acceptors (Lipinski definition) is 7. The van der Waals surface area contributed by atoms with Crippen molar-refractivity contribution in [1.82, 2.24) is 15.1 Å². The first-order valence-electron chi connectivity index (χ1n) is 15.7. The molecule has 3 amide bonds. The van der Waals surface area contributed by atoms with Crippen LogP contribution in [-0.2, 0) is 28.7 Å². The van der Waals surface area contributed by atoms with Crippen LogP contribution in [0.1, 0.15) is 65.5 Å². The van der Waals surface area contributed by atoms with Gasteiger partial charge in [-0.25, -0.2) is 0 Å². The summed E-state index contributed by atoms with van der Waals surface area (Å²) in [5.74, 6) is -3.48. The van der Waals surface area contributed by atoms with Crippen LogP contribution in [0.3, 0.4) is 0 Å². The van der Waals surface area contributed by atoms with Gasteiger partial charge in [0.15, 0.2) is 0 Å². The number of likely N-dealkylation sites (tertiary alicyclic amines) is 1. The number of amides is 3. The van der Waals surface area contributed by atoms with Gasteiger partial charge in [-0.2, -0.15) is 0 Å². The van der Waals surface area contributed by atoms with E-state index in [2.05, 4.69) is 5.32 Å². The Morgan fingerprint density at radius 1 is 1.09 bits per heavy atom. The Bertz CT molecular complexity index is 1320. The summed E-state index contributed by atoms with van der Waals surface area (Å²) in [6.07, 6.45) is 7.82. The zero-order valence-electron chi connectivity index (χ0n) is 26.3. The van der Waals surface area contributed by atoms with Crippen molar-refractivity contribution >= 4 is 23.7 Å². The van der Waals surface area contributed by atoms with E-state index in [9.17, 15) is 24.3 Å². The summed E-state index contributed by atoms with van der Waals surface area (Å²) in [6.45, 7) is 9.57. The van der Waals surface area contributed by atoms with E-state index in [0.29, 0.717) is 12.8 Å². The van der Waals surface area contributed by atoms with E-state index in [-0.39, 0.29) is 43.9 Å². The Balaban J connectivity index is 1.62. The second-order valence-corrected chi connectivity index (χ2v) is 13.4. The molecule has 0 saturated carbocycles. The first-order chi connectivity index (χ1) is 20.9. The highest BCUT2D eigenvalue weighted by Gasteiger charge is 2.74. The number of ether oxygens (including phenoxy) is 2. The highest BCUT2D eigenvalue weighted by molar-refractivity contribution is 6.00. The number of aliphatic hydroxyl groups is 1. The van der Waals surface area contributed by atoms with Gasteiger partial charge in [0.25, 0.3) is 0 Å². The summed E-state index contributed by atoms with van der Waals surface area (Å²) in [6, 6.07) is 6.88. The maximum atomic E-state index is 14.8. The Morgan fingerprint density at radius 2 is 1.82 bits per heavy atom. The highest BCUT2D eigenvalue weighted by atomic mass is 16.5. The molecule has 238 valence electrons. The van der Waals surface area contributed by atoms with Crippen LogP contribution >= 0.6 is 0 Å². The quantitative estimate of drug-likeness (QED) is 0.390. The van der Waals surface area contributed by atoms with Crippen LogP contribution in [0.25, 0.3) is 0 Å². The summed E-state index contributed by atoms with van der Waals surface area (Å²) >= 11 is 0. The smallest absolute Gasteiger partial charge is 0.306 e. The molecule has 5 bridgehead atoms. The minimum Gasteiger partial charge on any atom is -0.463 e. The lowest BCUT2D eigenvalue weighted by Crippen LogP contribution is -2.62. The Morgan fingerprint density at radius 3 is 2.48 bits per heavy atom. The molecule has 4 aliphatic rings. The van der Waals surface area contributed by atoms with E-state index in [1.54, 1.807) is 17.1 Å². The van der Waals surface area contributed by atoms with Crippen LogP contribution in [0.15, 0.2) is 54.6 Å². The second kappa shape index (κ2) is 12.5. The van der Waals surface area contributed by atoms with Gasteiger partial charge in [0, 0.05) is 18.5 Å². The second-order valence-electron chi connectivity index (χ2n) is 13.4. The lowest BCUT2D eigenvalue weighted by atomic mass is 9.73.